The summed E-state index contributed by atoms with van der Waals surface area (Å²) in [5.41, 5.74) is 6.31. The molecule has 0 saturated carbocycles. The monoisotopic (exact) mass is 343 g/mol. The highest BCUT2D eigenvalue weighted by Crippen LogP contribution is 2.28. The van der Waals surface area contributed by atoms with E-state index >= 15 is 0 Å². The van der Waals surface area contributed by atoms with Gasteiger partial charge in [-0.05, 0) is 24.3 Å². The molecule has 0 aliphatic rings. The summed E-state index contributed by atoms with van der Waals surface area (Å²) in [6.45, 7) is 0.158. The standard InChI is InChI=1S/C18H21N3O4/c1-24-16-11-13(20-18(23)12-19)7-8-15(16)21-17(22)9-10-25-14-5-3-2-4-6-14/h2-8,11H,9-10,12,19H2,1H3,(H,20,23)(H,21,22). The third kappa shape index (κ3) is 5.82. The molecule has 0 aliphatic carbocycles. The van der Waals surface area contributed by atoms with Gasteiger partial charge in [0.25, 0.3) is 0 Å². The zero-order chi connectivity index (χ0) is 18.1. The second kappa shape index (κ2) is 9.29. The summed E-state index contributed by atoms with van der Waals surface area (Å²) >= 11 is 0. The maximum atomic E-state index is 12.0. The third-order valence-corrected chi connectivity index (χ3v) is 3.29. The number of para-hydroxylation sites is 1. The van der Waals surface area contributed by atoms with Crippen LogP contribution in [0, 0.1) is 0 Å². The minimum Gasteiger partial charge on any atom is -0.494 e. The molecule has 7 heteroatoms. The number of methoxy groups -OCH3 is 1. The Morgan fingerprint density at radius 1 is 1.04 bits per heavy atom. The van der Waals surface area contributed by atoms with Crippen LogP contribution in [0.1, 0.15) is 6.42 Å². The number of carbonyl (C=O) groups excluding carboxylic acids is 2. The Kier molecular flexibility index (Phi) is 6.79. The number of anilines is 2. The highest BCUT2D eigenvalue weighted by atomic mass is 16.5. The second-order valence-corrected chi connectivity index (χ2v) is 5.13. The molecule has 2 aromatic carbocycles. The Morgan fingerprint density at radius 2 is 1.80 bits per heavy atom. The number of amides is 2. The Bertz CT molecular complexity index is 720. The van der Waals surface area contributed by atoms with E-state index in [1.807, 2.05) is 30.3 Å². The van der Waals surface area contributed by atoms with Crippen LogP contribution in [0.2, 0.25) is 0 Å². The number of carbonyl (C=O) groups is 2. The van der Waals surface area contributed by atoms with Gasteiger partial charge in [0.1, 0.15) is 11.5 Å². The van der Waals surface area contributed by atoms with Gasteiger partial charge in [-0.3, -0.25) is 9.59 Å². The van der Waals surface area contributed by atoms with Gasteiger partial charge in [0, 0.05) is 11.8 Å². The van der Waals surface area contributed by atoms with Crippen LogP contribution in [0.4, 0.5) is 11.4 Å². The lowest BCUT2D eigenvalue weighted by Crippen LogP contribution is -2.22. The molecular weight excluding hydrogens is 322 g/mol. The fourth-order valence-electron chi connectivity index (χ4n) is 2.08. The topological polar surface area (TPSA) is 103 Å². The highest BCUT2D eigenvalue weighted by molar-refractivity contribution is 5.95. The highest BCUT2D eigenvalue weighted by Gasteiger charge is 2.10. The first kappa shape index (κ1) is 18.3. The van der Waals surface area contributed by atoms with Gasteiger partial charge in [0.15, 0.2) is 0 Å². The van der Waals surface area contributed by atoms with E-state index in [1.165, 1.54) is 7.11 Å². The van der Waals surface area contributed by atoms with Gasteiger partial charge in [-0.1, -0.05) is 18.2 Å². The Morgan fingerprint density at radius 3 is 2.48 bits per heavy atom. The summed E-state index contributed by atoms with van der Waals surface area (Å²) in [4.78, 5) is 23.4. The molecule has 0 unspecified atom stereocenters. The average molecular weight is 343 g/mol. The van der Waals surface area contributed by atoms with Gasteiger partial charge < -0.3 is 25.8 Å². The SMILES string of the molecule is COc1cc(NC(=O)CN)ccc1NC(=O)CCOc1ccccc1. The van der Waals surface area contributed by atoms with E-state index in [9.17, 15) is 9.59 Å². The lowest BCUT2D eigenvalue weighted by Gasteiger charge is -2.13. The van der Waals surface area contributed by atoms with Crippen LogP contribution >= 0.6 is 0 Å². The van der Waals surface area contributed by atoms with Crippen LogP contribution in [-0.4, -0.2) is 32.1 Å². The number of rotatable bonds is 8. The van der Waals surface area contributed by atoms with Crippen molar-refractivity contribution >= 4 is 23.2 Å². The van der Waals surface area contributed by atoms with Crippen molar-refractivity contribution in [2.75, 3.05) is 30.9 Å². The number of hydrogen-bond donors (Lipinski definition) is 3. The predicted octanol–water partition coefficient (Wildman–Crippen LogP) is 2.00. The number of ether oxygens (including phenoxy) is 2. The van der Waals surface area contributed by atoms with Crippen LogP contribution in [0.5, 0.6) is 11.5 Å². The fraction of sp³-hybridized carbons (Fsp3) is 0.222. The van der Waals surface area contributed by atoms with E-state index in [0.29, 0.717) is 22.9 Å². The number of hydrogen-bond acceptors (Lipinski definition) is 5. The average Bonchev–Trinajstić information content (AvgIpc) is 2.63. The molecule has 2 amide bonds. The van der Waals surface area contributed by atoms with Crippen molar-refractivity contribution in [3.8, 4) is 11.5 Å². The van der Waals surface area contributed by atoms with Crippen molar-refractivity contribution in [3.05, 3.63) is 48.5 Å². The maximum Gasteiger partial charge on any atom is 0.238 e. The van der Waals surface area contributed by atoms with E-state index in [-0.39, 0.29) is 31.4 Å². The fourth-order valence-corrected chi connectivity index (χ4v) is 2.08. The molecule has 4 N–H and O–H groups in total. The smallest absolute Gasteiger partial charge is 0.238 e. The van der Waals surface area contributed by atoms with E-state index in [2.05, 4.69) is 10.6 Å². The Hall–Kier alpha value is -3.06. The Labute approximate surface area is 146 Å². The zero-order valence-electron chi connectivity index (χ0n) is 14.0. The quantitative estimate of drug-likeness (QED) is 0.680. The lowest BCUT2D eigenvalue weighted by molar-refractivity contribution is -0.117. The number of benzene rings is 2. The predicted molar refractivity (Wildman–Crippen MR) is 95.9 cm³/mol. The molecule has 132 valence electrons. The van der Waals surface area contributed by atoms with Crippen molar-refractivity contribution in [1.82, 2.24) is 0 Å². The summed E-state index contributed by atoms with van der Waals surface area (Å²) in [5, 5.41) is 5.38. The summed E-state index contributed by atoms with van der Waals surface area (Å²) in [7, 11) is 1.48. The van der Waals surface area contributed by atoms with Crippen molar-refractivity contribution in [3.63, 3.8) is 0 Å². The Balaban J connectivity index is 1.89. The molecule has 0 aliphatic heterocycles. The minimum absolute atomic E-state index is 0.109. The molecule has 2 rings (SSSR count). The summed E-state index contributed by atoms with van der Waals surface area (Å²) in [5.74, 6) is 0.643. The van der Waals surface area contributed by atoms with Crippen LogP contribution in [-0.2, 0) is 9.59 Å². The van der Waals surface area contributed by atoms with Crippen molar-refractivity contribution < 1.29 is 19.1 Å². The van der Waals surface area contributed by atoms with E-state index in [1.54, 1.807) is 18.2 Å². The van der Waals surface area contributed by atoms with Crippen molar-refractivity contribution in [2.24, 2.45) is 5.73 Å². The molecule has 0 spiro atoms. The molecule has 0 saturated heterocycles. The molecule has 0 atom stereocenters. The van der Waals surface area contributed by atoms with Gasteiger partial charge in [-0.15, -0.1) is 0 Å². The van der Waals surface area contributed by atoms with Gasteiger partial charge in [0.05, 0.1) is 32.4 Å². The maximum absolute atomic E-state index is 12.0. The van der Waals surface area contributed by atoms with Crippen molar-refractivity contribution in [1.29, 1.82) is 0 Å². The van der Waals surface area contributed by atoms with E-state index < -0.39 is 0 Å². The lowest BCUT2D eigenvalue weighted by atomic mass is 10.2. The molecule has 2 aromatic rings. The van der Waals surface area contributed by atoms with Crippen LogP contribution in [0.3, 0.4) is 0 Å². The van der Waals surface area contributed by atoms with Gasteiger partial charge in [-0.2, -0.15) is 0 Å². The minimum atomic E-state index is -0.308. The van der Waals surface area contributed by atoms with Crippen LogP contribution in [0.15, 0.2) is 48.5 Å². The summed E-state index contributed by atoms with van der Waals surface area (Å²) in [6.07, 6.45) is 0.198. The summed E-state index contributed by atoms with van der Waals surface area (Å²) < 4.78 is 10.7. The number of nitrogens with one attached hydrogen (secondary N) is 2. The molecule has 0 heterocycles. The van der Waals surface area contributed by atoms with Gasteiger partial charge >= 0.3 is 0 Å². The van der Waals surface area contributed by atoms with Gasteiger partial charge in [-0.25, -0.2) is 0 Å². The largest absolute Gasteiger partial charge is 0.494 e. The summed E-state index contributed by atoms with van der Waals surface area (Å²) in [6, 6.07) is 14.2. The molecule has 7 nitrogen and oxygen atoms in total. The molecule has 0 fully saturated rings. The van der Waals surface area contributed by atoms with Crippen LogP contribution in [0.25, 0.3) is 0 Å². The van der Waals surface area contributed by atoms with Crippen molar-refractivity contribution in [2.45, 2.75) is 6.42 Å². The first-order valence-electron chi connectivity index (χ1n) is 7.78. The molecular formula is C18H21N3O4. The van der Waals surface area contributed by atoms with Gasteiger partial charge in [0.2, 0.25) is 11.8 Å². The molecule has 0 aromatic heterocycles. The third-order valence-electron chi connectivity index (χ3n) is 3.29. The van der Waals surface area contributed by atoms with Crippen LogP contribution < -0.4 is 25.8 Å². The zero-order valence-corrected chi connectivity index (χ0v) is 14.0. The first-order chi connectivity index (χ1) is 12.1. The second-order valence-electron chi connectivity index (χ2n) is 5.13. The molecule has 0 bridgehead atoms. The molecule has 0 radical (unpaired) electrons. The molecule has 25 heavy (non-hydrogen) atoms. The van der Waals surface area contributed by atoms with E-state index in [4.69, 9.17) is 15.2 Å². The number of nitrogens with two attached hydrogens (primary N) is 1. The normalized spacial score (nSPS) is 10.0. The van der Waals surface area contributed by atoms with E-state index in [0.717, 1.165) is 0 Å². The first-order valence-corrected chi connectivity index (χ1v) is 7.78.